The Hall–Kier alpha value is -3.14. The Bertz CT molecular complexity index is 1440. The van der Waals surface area contributed by atoms with Gasteiger partial charge < -0.3 is 15.7 Å². The number of aliphatic hydroxyl groups excluding tert-OH is 1. The van der Waals surface area contributed by atoms with E-state index in [0.717, 1.165) is 31.7 Å². The van der Waals surface area contributed by atoms with Gasteiger partial charge in [0.2, 0.25) is 0 Å². The molecule has 0 fully saturated rings. The molecule has 0 aliphatic heterocycles. The number of hydrogen-bond donors (Lipinski definition) is 3. The average molecular weight is 612 g/mol. The molecule has 0 radical (unpaired) electrons. The first-order valence-electron chi connectivity index (χ1n) is 14.8. The molecule has 4 rings (SSSR count). The summed E-state index contributed by atoms with van der Waals surface area (Å²) < 4.78 is 41.5. The van der Waals surface area contributed by atoms with Gasteiger partial charge >= 0.3 is 0 Å². The highest BCUT2D eigenvalue weighted by Crippen LogP contribution is 2.32. The van der Waals surface area contributed by atoms with E-state index in [9.17, 15) is 22.9 Å². The molecule has 0 heterocycles. The highest BCUT2D eigenvalue weighted by atomic mass is 32.2. The van der Waals surface area contributed by atoms with Crippen molar-refractivity contribution < 1.29 is 22.9 Å². The summed E-state index contributed by atoms with van der Waals surface area (Å²) in [5, 5.41) is 17.8. The summed E-state index contributed by atoms with van der Waals surface area (Å²) in [4.78, 5) is 13.4. The summed E-state index contributed by atoms with van der Waals surface area (Å²) in [5.74, 6) is -1.89. The van der Waals surface area contributed by atoms with Crippen molar-refractivity contribution in [2.45, 2.75) is 71.1 Å². The smallest absolute Gasteiger partial charge is 0.251 e. The van der Waals surface area contributed by atoms with E-state index >= 15 is 0 Å². The van der Waals surface area contributed by atoms with Crippen LogP contribution in [0, 0.1) is 17.0 Å². The van der Waals surface area contributed by atoms with Gasteiger partial charge in [0.1, 0.15) is 22.6 Å². The third-order valence-electron chi connectivity index (χ3n) is 7.85. The lowest BCUT2D eigenvalue weighted by atomic mass is 9.82. The van der Waals surface area contributed by atoms with Crippen molar-refractivity contribution in [3.63, 3.8) is 0 Å². The summed E-state index contributed by atoms with van der Waals surface area (Å²) in [5.41, 5.74) is 5.22. The first-order chi connectivity index (χ1) is 20.3. The van der Waals surface area contributed by atoms with Gasteiger partial charge in [-0.3, -0.25) is 9.10 Å². The van der Waals surface area contributed by atoms with Gasteiger partial charge in [0, 0.05) is 43.2 Å². The van der Waals surface area contributed by atoms with Gasteiger partial charge in [0.05, 0.1) is 12.1 Å². The number of amides is 1. The fourth-order valence-corrected chi connectivity index (χ4v) is 6.11. The number of carbonyl (C=O) groups excluding carboxylic acids is 1. The lowest BCUT2D eigenvalue weighted by molar-refractivity contribution is 0.0823. The van der Waals surface area contributed by atoms with Gasteiger partial charge in [-0.25, -0.2) is 13.0 Å². The summed E-state index contributed by atoms with van der Waals surface area (Å²) >= 11 is 0. The summed E-state index contributed by atoms with van der Waals surface area (Å²) in [6, 6.07) is 15.8. The number of benzene rings is 3. The molecule has 3 N–H and O–H groups in total. The third kappa shape index (κ3) is 9.17. The van der Waals surface area contributed by atoms with Crippen molar-refractivity contribution in [2.75, 3.05) is 24.2 Å². The maximum absolute atomic E-state index is 14.0. The SMILES string of the molecule is CN(c1cccc(C(=O)N[C@@H](Cc2cc(F)cc(F)c2)[C@H](O)CN[C@H]2CCCc3ccc(CC(C)(C)C)cc32)c1)S(C)=O. The van der Waals surface area contributed by atoms with Crippen molar-refractivity contribution in [1.82, 2.24) is 10.6 Å². The summed E-state index contributed by atoms with van der Waals surface area (Å²) in [6.07, 6.45) is 4.43. The molecule has 1 amide bonds. The molecule has 6 nitrogen and oxygen atoms in total. The minimum atomic E-state index is -1.28. The van der Waals surface area contributed by atoms with Crippen LogP contribution >= 0.6 is 0 Å². The van der Waals surface area contributed by atoms with Crippen molar-refractivity contribution >= 4 is 22.6 Å². The molecular formula is C34H43F2N3O3S. The number of hydrogen-bond acceptors (Lipinski definition) is 4. The Labute approximate surface area is 256 Å². The van der Waals surface area contributed by atoms with E-state index in [1.807, 2.05) is 0 Å². The van der Waals surface area contributed by atoms with Crippen LogP contribution in [-0.2, 0) is 30.2 Å². The number of aryl methyl sites for hydroxylation is 1. The molecule has 4 atom stereocenters. The van der Waals surface area contributed by atoms with Gasteiger partial charge in [-0.05, 0) is 90.1 Å². The molecule has 1 aliphatic rings. The second-order valence-electron chi connectivity index (χ2n) is 12.7. The Morgan fingerprint density at radius 2 is 1.79 bits per heavy atom. The van der Waals surface area contributed by atoms with Crippen LogP contribution in [0.15, 0.2) is 60.7 Å². The van der Waals surface area contributed by atoms with Crippen LogP contribution < -0.4 is 14.9 Å². The Morgan fingerprint density at radius 1 is 1.07 bits per heavy atom. The molecule has 9 heteroatoms. The van der Waals surface area contributed by atoms with Crippen molar-refractivity contribution in [3.05, 3.63) is 100 Å². The molecule has 0 saturated carbocycles. The summed E-state index contributed by atoms with van der Waals surface area (Å²) in [6.45, 7) is 6.83. The lowest BCUT2D eigenvalue weighted by Crippen LogP contribution is -2.49. The average Bonchev–Trinajstić information content (AvgIpc) is 2.93. The molecule has 0 bridgehead atoms. The minimum Gasteiger partial charge on any atom is -0.390 e. The number of fused-ring (bicyclic) bond motifs is 1. The first kappa shape index (κ1) is 32.8. The molecule has 43 heavy (non-hydrogen) atoms. The molecule has 1 aliphatic carbocycles. The normalized spacial score (nSPS) is 17.1. The van der Waals surface area contributed by atoms with Gasteiger partial charge in [0.15, 0.2) is 0 Å². The summed E-state index contributed by atoms with van der Waals surface area (Å²) in [7, 11) is 0.388. The number of carbonyl (C=O) groups is 1. The van der Waals surface area contributed by atoms with Crippen LogP contribution in [0.1, 0.15) is 72.3 Å². The first-order valence-corrected chi connectivity index (χ1v) is 16.3. The number of anilines is 1. The highest BCUT2D eigenvalue weighted by Gasteiger charge is 2.27. The van der Waals surface area contributed by atoms with E-state index in [1.165, 1.54) is 33.1 Å². The third-order valence-corrected chi connectivity index (χ3v) is 8.83. The molecule has 0 spiro atoms. The topological polar surface area (TPSA) is 81.7 Å². The molecule has 0 saturated heterocycles. The number of halogens is 2. The number of aliphatic hydroxyl groups is 1. The van der Waals surface area contributed by atoms with Crippen LogP contribution in [0.4, 0.5) is 14.5 Å². The fourth-order valence-electron chi connectivity index (χ4n) is 5.70. The lowest BCUT2D eigenvalue weighted by Gasteiger charge is -2.31. The standard InChI is InChI=1S/C34H43F2N3O3S/c1-34(2,3)20-22-12-13-24-8-7-11-30(29(24)16-22)37-21-32(40)31(17-23-14-26(35)19-27(36)15-23)38-33(41)25-9-6-10-28(18-25)39(4)43(5)42/h6,9-10,12-16,18-19,30-32,37,40H,7-8,11,17,20-21H2,1-5H3,(H,38,41)/t30-,31-,32+,43?/m0/s1. The molecule has 3 aromatic rings. The zero-order chi connectivity index (χ0) is 31.3. The maximum Gasteiger partial charge on any atom is 0.251 e. The molecule has 1 unspecified atom stereocenters. The van der Waals surface area contributed by atoms with E-state index in [0.29, 0.717) is 16.8 Å². The predicted octanol–water partition coefficient (Wildman–Crippen LogP) is 5.65. The van der Waals surface area contributed by atoms with E-state index in [-0.39, 0.29) is 24.4 Å². The number of nitrogens with one attached hydrogen (secondary N) is 2. The van der Waals surface area contributed by atoms with Gasteiger partial charge in [-0.1, -0.05) is 45.0 Å². The van der Waals surface area contributed by atoms with Crippen molar-refractivity contribution in [2.24, 2.45) is 5.41 Å². The van der Waals surface area contributed by atoms with Crippen LogP contribution in [0.5, 0.6) is 0 Å². The van der Waals surface area contributed by atoms with Crippen LogP contribution in [0.3, 0.4) is 0 Å². The monoisotopic (exact) mass is 611 g/mol. The second-order valence-corrected chi connectivity index (χ2v) is 14.1. The number of rotatable bonds is 11. The predicted molar refractivity (Wildman–Crippen MR) is 170 cm³/mol. The Kier molecular flexibility index (Phi) is 10.7. The zero-order valence-corrected chi connectivity index (χ0v) is 26.4. The van der Waals surface area contributed by atoms with Gasteiger partial charge in [0.25, 0.3) is 5.91 Å². The maximum atomic E-state index is 14.0. The Morgan fingerprint density at radius 3 is 2.47 bits per heavy atom. The quantitative estimate of drug-likeness (QED) is 0.262. The molecule has 232 valence electrons. The van der Waals surface area contributed by atoms with Gasteiger partial charge in [-0.2, -0.15) is 0 Å². The van der Waals surface area contributed by atoms with E-state index < -0.39 is 40.7 Å². The highest BCUT2D eigenvalue weighted by molar-refractivity contribution is 7.85. The van der Waals surface area contributed by atoms with Gasteiger partial charge in [-0.15, -0.1) is 0 Å². The van der Waals surface area contributed by atoms with Crippen LogP contribution in [0.2, 0.25) is 0 Å². The van der Waals surface area contributed by atoms with E-state index in [2.05, 4.69) is 49.6 Å². The van der Waals surface area contributed by atoms with Crippen LogP contribution in [-0.4, -0.2) is 47.2 Å². The second kappa shape index (κ2) is 14.1. The Balaban J connectivity index is 1.53. The fraction of sp³-hybridized carbons (Fsp3) is 0.441. The molecular weight excluding hydrogens is 568 g/mol. The van der Waals surface area contributed by atoms with E-state index in [4.69, 9.17) is 0 Å². The number of nitrogens with zero attached hydrogens (tertiary/aromatic N) is 1. The minimum absolute atomic E-state index is 0.0266. The van der Waals surface area contributed by atoms with Crippen molar-refractivity contribution in [3.8, 4) is 0 Å². The van der Waals surface area contributed by atoms with Crippen molar-refractivity contribution in [1.29, 1.82) is 0 Å². The van der Waals surface area contributed by atoms with E-state index in [1.54, 1.807) is 37.6 Å². The largest absolute Gasteiger partial charge is 0.390 e. The van der Waals surface area contributed by atoms with Crippen LogP contribution in [0.25, 0.3) is 0 Å². The zero-order valence-electron chi connectivity index (χ0n) is 25.6. The molecule has 0 aromatic heterocycles. The molecule has 3 aromatic carbocycles.